The molecule has 1 heterocycles. The summed E-state index contributed by atoms with van der Waals surface area (Å²) in [4.78, 5) is 11.3. The summed E-state index contributed by atoms with van der Waals surface area (Å²) in [5.41, 5.74) is 1.56. The van der Waals surface area contributed by atoms with Crippen LogP contribution >= 0.6 is 11.6 Å². The molecule has 0 radical (unpaired) electrons. The molecule has 3 rings (SSSR count). The highest BCUT2D eigenvalue weighted by Gasteiger charge is 2.08. The number of hydrogen-bond donors (Lipinski definition) is 2. The van der Waals surface area contributed by atoms with E-state index in [9.17, 15) is 4.39 Å². The van der Waals surface area contributed by atoms with Gasteiger partial charge >= 0.3 is 0 Å². The van der Waals surface area contributed by atoms with Crippen molar-refractivity contribution in [2.75, 3.05) is 37.8 Å². The SMILES string of the molecule is CN(C)CCNc1cc(Nc2ccc(F)c(Cl)c2)nc(-c2ccccc2)n1. The van der Waals surface area contributed by atoms with Crippen LogP contribution in [0.3, 0.4) is 0 Å². The van der Waals surface area contributed by atoms with Gasteiger partial charge in [-0.3, -0.25) is 0 Å². The molecule has 5 nitrogen and oxygen atoms in total. The summed E-state index contributed by atoms with van der Waals surface area (Å²) >= 11 is 5.87. The van der Waals surface area contributed by atoms with Gasteiger partial charge in [-0.25, -0.2) is 14.4 Å². The third kappa shape index (κ3) is 5.39. The molecule has 0 spiro atoms. The van der Waals surface area contributed by atoms with Crippen molar-refractivity contribution in [1.82, 2.24) is 14.9 Å². The van der Waals surface area contributed by atoms with Gasteiger partial charge in [0.2, 0.25) is 0 Å². The van der Waals surface area contributed by atoms with Gasteiger partial charge in [0.25, 0.3) is 0 Å². The number of rotatable bonds is 7. The van der Waals surface area contributed by atoms with Crippen LogP contribution < -0.4 is 10.6 Å². The number of halogens is 2. The van der Waals surface area contributed by atoms with Crippen LogP contribution in [0.4, 0.5) is 21.7 Å². The quantitative estimate of drug-likeness (QED) is 0.619. The van der Waals surface area contributed by atoms with Crippen molar-refractivity contribution in [3.63, 3.8) is 0 Å². The molecule has 27 heavy (non-hydrogen) atoms. The lowest BCUT2D eigenvalue weighted by Crippen LogP contribution is -2.21. The van der Waals surface area contributed by atoms with Crippen LogP contribution in [-0.4, -0.2) is 42.1 Å². The summed E-state index contributed by atoms with van der Waals surface area (Å²) < 4.78 is 13.4. The molecule has 0 aliphatic heterocycles. The van der Waals surface area contributed by atoms with Crippen molar-refractivity contribution >= 4 is 28.9 Å². The highest BCUT2D eigenvalue weighted by Crippen LogP contribution is 2.25. The lowest BCUT2D eigenvalue weighted by atomic mass is 10.2. The third-order valence-corrected chi connectivity index (χ3v) is 4.10. The summed E-state index contributed by atoms with van der Waals surface area (Å²) in [6.07, 6.45) is 0. The number of anilines is 3. The fourth-order valence-corrected chi connectivity index (χ4v) is 2.63. The molecule has 0 saturated heterocycles. The van der Waals surface area contributed by atoms with E-state index >= 15 is 0 Å². The van der Waals surface area contributed by atoms with E-state index in [0.29, 0.717) is 23.1 Å². The fourth-order valence-electron chi connectivity index (χ4n) is 2.45. The molecule has 0 amide bonds. The summed E-state index contributed by atoms with van der Waals surface area (Å²) in [5.74, 6) is 1.45. The van der Waals surface area contributed by atoms with Crippen LogP contribution in [0.25, 0.3) is 11.4 Å². The largest absolute Gasteiger partial charge is 0.369 e. The van der Waals surface area contributed by atoms with E-state index in [1.165, 1.54) is 12.1 Å². The maximum atomic E-state index is 13.4. The minimum atomic E-state index is -0.457. The first-order valence-electron chi connectivity index (χ1n) is 8.56. The zero-order valence-electron chi connectivity index (χ0n) is 15.2. The lowest BCUT2D eigenvalue weighted by Gasteiger charge is -2.14. The smallest absolute Gasteiger partial charge is 0.163 e. The number of hydrogen-bond acceptors (Lipinski definition) is 5. The van der Waals surface area contributed by atoms with Gasteiger partial charge in [-0.15, -0.1) is 0 Å². The van der Waals surface area contributed by atoms with Crippen molar-refractivity contribution in [2.45, 2.75) is 0 Å². The normalized spacial score (nSPS) is 10.9. The van der Waals surface area contributed by atoms with Gasteiger partial charge in [0, 0.05) is 30.4 Å². The van der Waals surface area contributed by atoms with Crippen molar-refractivity contribution < 1.29 is 4.39 Å². The predicted molar refractivity (Wildman–Crippen MR) is 109 cm³/mol. The number of benzene rings is 2. The minimum Gasteiger partial charge on any atom is -0.369 e. The third-order valence-electron chi connectivity index (χ3n) is 3.82. The molecular formula is C20H21ClFN5. The Kier molecular flexibility index (Phi) is 6.21. The van der Waals surface area contributed by atoms with E-state index in [2.05, 4.69) is 25.5 Å². The zero-order valence-corrected chi connectivity index (χ0v) is 16.0. The Morgan fingerprint density at radius 1 is 1.00 bits per heavy atom. The fraction of sp³-hybridized carbons (Fsp3) is 0.200. The van der Waals surface area contributed by atoms with E-state index in [0.717, 1.165) is 18.7 Å². The lowest BCUT2D eigenvalue weighted by molar-refractivity contribution is 0.425. The Bertz CT molecular complexity index is 902. The van der Waals surface area contributed by atoms with Gasteiger partial charge in [0.15, 0.2) is 5.82 Å². The van der Waals surface area contributed by atoms with Gasteiger partial charge in [-0.1, -0.05) is 41.9 Å². The maximum absolute atomic E-state index is 13.4. The number of aromatic nitrogens is 2. The van der Waals surface area contributed by atoms with E-state index in [-0.39, 0.29) is 5.02 Å². The van der Waals surface area contributed by atoms with Crippen LogP contribution in [0.1, 0.15) is 0 Å². The molecule has 1 aromatic heterocycles. The second-order valence-electron chi connectivity index (χ2n) is 6.31. The number of nitrogens with one attached hydrogen (secondary N) is 2. The average Bonchev–Trinajstić information content (AvgIpc) is 2.65. The molecule has 3 aromatic rings. The highest BCUT2D eigenvalue weighted by molar-refractivity contribution is 6.31. The second kappa shape index (κ2) is 8.79. The summed E-state index contributed by atoms with van der Waals surface area (Å²) in [5, 5.41) is 6.54. The van der Waals surface area contributed by atoms with Crippen LogP contribution in [0, 0.1) is 5.82 Å². The Morgan fingerprint density at radius 3 is 2.44 bits per heavy atom. The van der Waals surface area contributed by atoms with Gasteiger partial charge in [0.05, 0.1) is 5.02 Å². The van der Waals surface area contributed by atoms with Crippen molar-refractivity contribution in [1.29, 1.82) is 0 Å². The molecule has 2 aromatic carbocycles. The summed E-state index contributed by atoms with van der Waals surface area (Å²) in [6.45, 7) is 1.63. The molecule has 7 heteroatoms. The van der Waals surface area contributed by atoms with Crippen LogP contribution in [-0.2, 0) is 0 Å². The standard InChI is InChI=1S/C20H21ClFN5/c1-27(2)11-10-23-18-13-19(24-15-8-9-17(22)16(21)12-15)26-20(25-18)14-6-4-3-5-7-14/h3-9,12-13H,10-11H2,1-2H3,(H2,23,24,25,26). The highest BCUT2D eigenvalue weighted by atomic mass is 35.5. The van der Waals surface area contributed by atoms with Gasteiger partial charge in [-0.2, -0.15) is 0 Å². The molecule has 0 bridgehead atoms. The van der Waals surface area contributed by atoms with Gasteiger partial charge < -0.3 is 15.5 Å². The number of nitrogens with zero attached hydrogens (tertiary/aromatic N) is 3. The predicted octanol–water partition coefficient (Wildman–Crippen LogP) is 4.65. The average molecular weight is 386 g/mol. The Hall–Kier alpha value is -2.70. The molecule has 0 aliphatic rings. The van der Waals surface area contributed by atoms with E-state index in [1.807, 2.05) is 50.5 Å². The van der Waals surface area contributed by atoms with Gasteiger partial charge in [0.1, 0.15) is 17.5 Å². The Morgan fingerprint density at radius 2 is 1.74 bits per heavy atom. The van der Waals surface area contributed by atoms with E-state index in [4.69, 9.17) is 11.6 Å². The summed E-state index contributed by atoms with van der Waals surface area (Å²) in [7, 11) is 4.03. The molecule has 0 fully saturated rings. The number of likely N-dealkylation sites (N-methyl/N-ethyl adjacent to an activating group) is 1. The Balaban J connectivity index is 1.90. The monoisotopic (exact) mass is 385 g/mol. The molecule has 0 aliphatic carbocycles. The first-order chi connectivity index (χ1) is 13.0. The molecule has 0 unspecified atom stereocenters. The van der Waals surface area contributed by atoms with Crippen LogP contribution in [0.2, 0.25) is 5.02 Å². The van der Waals surface area contributed by atoms with Gasteiger partial charge in [-0.05, 0) is 32.3 Å². The topological polar surface area (TPSA) is 53.1 Å². The molecule has 2 N–H and O–H groups in total. The van der Waals surface area contributed by atoms with Crippen LogP contribution in [0.15, 0.2) is 54.6 Å². The van der Waals surface area contributed by atoms with Crippen molar-refractivity contribution in [2.24, 2.45) is 0 Å². The molecule has 140 valence electrons. The van der Waals surface area contributed by atoms with Crippen molar-refractivity contribution in [3.8, 4) is 11.4 Å². The first-order valence-corrected chi connectivity index (χ1v) is 8.94. The van der Waals surface area contributed by atoms with Crippen molar-refractivity contribution in [3.05, 3.63) is 65.4 Å². The molecule has 0 saturated carbocycles. The van der Waals surface area contributed by atoms with Crippen LogP contribution in [0.5, 0.6) is 0 Å². The Labute approximate surface area is 163 Å². The maximum Gasteiger partial charge on any atom is 0.163 e. The van der Waals surface area contributed by atoms with E-state index < -0.39 is 5.82 Å². The zero-order chi connectivity index (χ0) is 19.2. The van der Waals surface area contributed by atoms with E-state index in [1.54, 1.807) is 6.07 Å². The first kappa shape index (κ1) is 19.1. The molecular weight excluding hydrogens is 365 g/mol. The minimum absolute atomic E-state index is 0.0571. The second-order valence-corrected chi connectivity index (χ2v) is 6.72. The summed E-state index contributed by atoms with van der Waals surface area (Å²) in [6, 6.07) is 16.0. The molecule has 0 atom stereocenters.